The summed E-state index contributed by atoms with van der Waals surface area (Å²) in [5.74, 6) is 0. The molecule has 2 aromatic carbocycles. The van der Waals surface area contributed by atoms with Crippen molar-refractivity contribution >= 4 is 22.1 Å². The first-order valence-electron chi connectivity index (χ1n) is 8.26. The Labute approximate surface area is 132 Å². The number of nitrogens with two attached hydrogens (primary N) is 1. The minimum atomic E-state index is 0.465. The third-order valence-corrected chi connectivity index (χ3v) is 5.46. The number of nitrogens with zero attached hydrogens (tertiary/aromatic N) is 1. The van der Waals surface area contributed by atoms with Crippen LogP contribution >= 0.6 is 0 Å². The molecule has 0 heterocycles. The molecule has 2 saturated carbocycles. The van der Waals surface area contributed by atoms with Crippen molar-refractivity contribution in [2.24, 2.45) is 11.1 Å². The van der Waals surface area contributed by atoms with Crippen LogP contribution in [0.5, 0.6) is 0 Å². The molecule has 0 aliphatic heterocycles. The van der Waals surface area contributed by atoms with Crippen molar-refractivity contribution in [3.63, 3.8) is 0 Å². The first kappa shape index (κ1) is 13.9. The maximum atomic E-state index is 5.93. The van der Waals surface area contributed by atoms with Gasteiger partial charge in [0.1, 0.15) is 0 Å². The molecule has 22 heavy (non-hydrogen) atoms. The molecule has 0 unspecified atom stereocenters. The SMILES string of the molecule is CN(C)c1ccc2cc(NC3CC4(CC(N)C4)C3)ccc2c1. The zero-order valence-electron chi connectivity index (χ0n) is 13.5. The predicted octanol–water partition coefficient (Wildman–Crippen LogP) is 3.59. The van der Waals surface area contributed by atoms with Gasteiger partial charge in [-0.15, -0.1) is 0 Å². The molecule has 2 aliphatic rings. The van der Waals surface area contributed by atoms with Gasteiger partial charge in [-0.2, -0.15) is 0 Å². The van der Waals surface area contributed by atoms with E-state index in [0.29, 0.717) is 17.5 Å². The number of benzene rings is 2. The summed E-state index contributed by atoms with van der Waals surface area (Å²) in [6.45, 7) is 0. The fraction of sp³-hybridized carbons (Fsp3) is 0.474. The topological polar surface area (TPSA) is 41.3 Å². The van der Waals surface area contributed by atoms with Crippen LogP contribution in [0.25, 0.3) is 10.8 Å². The number of hydrogen-bond acceptors (Lipinski definition) is 3. The Balaban J connectivity index is 1.46. The quantitative estimate of drug-likeness (QED) is 0.909. The molecule has 1 spiro atoms. The molecular weight excluding hydrogens is 270 g/mol. The van der Waals surface area contributed by atoms with Crippen molar-refractivity contribution in [3.8, 4) is 0 Å². The van der Waals surface area contributed by atoms with Crippen LogP contribution in [0.4, 0.5) is 11.4 Å². The molecule has 3 N–H and O–H groups in total. The largest absolute Gasteiger partial charge is 0.382 e. The molecule has 0 aromatic heterocycles. The molecule has 0 atom stereocenters. The van der Waals surface area contributed by atoms with Crippen molar-refractivity contribution in [1.82, 2.24) is 0 Å². The van der Waals surface area contributed by atoms with Crippen molar-refractivity contribution < 1.29 is 0 Å². The molecule has 0 amide bonds. The summed E-state index contributed by atoms with van der Waals surface area (Å²) >= 11 is 0. The fourth-order valence-electron chi connectivity index (χ4n) is 4.31. The van der Waals surface area contributed by atoms with Gasteiger partial charge in [-0.05, 0) is 66.1 Å². The molecule has 4 rings (SSSR count). The number of rotatable bonds is 3. The minimum absolute atomic E-state index is 0.465. The van der Waals surface area contributed by atoms with Gasteiger partial charge in [0.2, 0.25) is 0 Å². The molecule has 0 bridgehead atoms. The van der Waals surface area contributed by atoms with E-state index in [2.05, 4.69) is 60.7 Å². The molecular formula is C19H25N3. The zero-order valence-corrected chi connectivity index (χ0v) is 13.5. The Morgan fingerprint density at radius 3 is 2.36 bits per heavy atom. The van der Waals surface area contributed by atoms with Crippen molar-refractivity contribution in [2.75, 3.05) is 24.3 Å². The number of anilines is 2. The summed E-state index contributed by atoms with van der Waals surface area (Å²) < 4.78 is 0. The maximum absolute atomic E-state index is 5.93. The highest BCUT2D eigenvalue weighted by atomic mass is 15.1. The minimum Gasteiger partial charge on any atom is -0.382 e. The monoisotopic (exact) mass is 295 g/mol. The normalized spacial score (nSPS) is 30.0. The van der Waals surface area contributed by atoms with Crippen molar-refractivity contribution in [3.05, 3.63) is 36.4 Å². The van der Waals surface area contributed by atoms with Crippen molar-refractivity contribution in [1.29, 1.82) is 0 Å². The van der Waals surface area contributed by atoms with Crippen LogP contribution in [0, 0.1) is 5.41 Å². The van der Waals surface area contributed by atoms with E-state index in [1.54, 1.807) is 0 Å². The highest BCUT2D eigenvalue weighted by Crippen LogP contribution is 2.55. The Hall–Kier alpha value is -1.74. The van der Waals surface area contributed by atoms with Crippen LogP contribution in [0.1, 0.15) is 25.7 Å². The van der Waals surface area contributed by atoms with Crippen LogP contribution in [0.3, 0.4) is 0 Å². The Kier molecular flexibility index (Phi) is 3.08. The first-order valence-corrected chi connectivity index (χ1v) is 8.26. The van der Waals surface area contributed by atoms with Gasteiger partial charge in [0, 0.05) is 37.6 Å². The second-order valence-corrected chi connectivity index (χ2v) is 7.56. The summed E-state index contributed by atoms with van der Waals surface area (Å²) in [7, 11) is 4.16. The summed E-state index contributed by atoms with van der Waals surface area (Å²) in [5.41, 5.74) is 9.01. The Morgan fingerprint density at radius 2 is 1.68 bits per heavy atom. The van der Waals surface area contributed by atoms with Gasteiger partial charge in [0.05, 0.1) is 0 Å². The summed E-state index contributed by atoms with van der Waals surface area (Å²) in [6.07, 6.45) is 5.04. The molecule has 2 fully saturated rings. The van der Waals surface area contributed by atoms with E-state index in [-0.39, 0.29) is 0 Å². The highest BCUT2D eigenvalue weighted by molar-refractivity contribution is 5.88. The lowest BCUT2D eigenvalue weighted by Gasteiger charge is -2.57. The average molecular weight is 295 g/mol. The van der Waals surface area contributed by atoms with Gasteiger partial charge in [-0.25, -0.2) is 0 Å². The van der Waals surface area contributed by atoms with E-state index in [4.69, 9.17) is 5.73 Å². The molecule has 3 nitrogen and oxygen atoms in total. The molecule has 3 heteroatoms. The van der Waals surface area contributed by atoms with E-state index in [1.165, 1.54) is 47.8 Å². The van der Waals surface area contributed by atoms with Gasteiger partial charge < -0.3 is 16.0 Å². The standard InChI is InChI=1S/C19H25N3/c1-22(2)18-6-4-13-7-16(5-3-14(13)8-18)21-17-11-19(12-17)9-15(20)10-19/h3-8,15,17,21H,9-12,20H2,1-2H3. The van der Waals surface area contributed by atoms with Gasteiger partial charge in [0.15, 0.2) is 0 Å². The third-order valence-electron chi connectivity index (χ3n) is 5.46. The maximum Gasteiger partial charge on any atom is 0.0367 e. The van der Waals surface area contributed by atoms with Crippen LogP contribution in [-0.2, 0) is 0 Å². The van der Waals surface area contributed by atoms with E-state index in [1.807, 2.05) is 0 Å². The average Bonchev–Trinajstić information content (AvgIpc) is 2.42. The Bertz CT molecular complexity index is 693. The van der Waals surface area contributed by atoms with E-state index in [0.717, 1.165) is 0 Å². The smallest absolute Gasteiger partial charge is 0.0367 e. The number of fused-ring (bicyclic) bond motifs is 1. The van der Waals surface area contributed by atoms with Crippen LogP contribution in [0.2, 0.25) is 0 Å². The molecule has 2 aromatic rings. The molecule has 116 valence electrons. The lowest BCUT2D eigenvalue weighted by Crippen LogP contribution is -2.57. The van der Waals surface area contributed by atoms with Crippen molar-refractivity contribution in [2.45, 2.75) is 37.8 Å². The van der Waals surface area contributed by atoms with Crippen LogP contribution < -0.4 is 16.0 Å². The molecule has 0 saturated heterocycles. The van der Waals surface area contributed by atoms with Crippen LogP contribution in [-0.4, -0.2) is 26.2 Å². The second-order valence-electron chi connectivity index (χ2n) is 7.56. The second kappa shape index (κ2) is 4.88. The van der Waals surface area contributed by atoms with Gasteiger partial charge in [-0.3, -0.25) is 0 Å². The van der Waals surface area contributed by atoms with E-state index < -0.39 is 0 Å². The zero-order chi connectivity index (χ0) is 15.3. The van der Waals surface area contributed by atoms with E-state index in [9.17, 15) is 0 Å². The van der Waals surface area contributed by atoms with Crippen LogP contribution in [0.15, 0.2) is 36.4 Å². The van der Waals surface area contributed by atoms with E-state index >= 15 is 0 Å². The summed E-state index contributed by atoms with van der Waals surface area (Å²) in [5, 5.41) is 6.29. The number of nitrogens with one attached hydrogen (secondary N) is 1. The highest BCUT2D eigenvalue weighted by Gasteiger charge is 2.51. The lowest BCUT2D eigenvalue weighted by molar-refractivity contribution is 0.00122. The first-order chi connectivity index (χ1) is 10.5. The number of hydrogen-bond donors (Lipinski definition) is 2. The molecule has 0 radical (unpaired) electrons. The predicted molar refractivity (Wildman–Crippen MR) is 94.6 cm³/mol. The molecule has 2 aliphatic carbocycles. The van der Waals surface area contributed by atoms with Gasteiger partial charge in [-0.1, -0.05) is 12.1 Å². The summed E-state index contributed by atoms with van der Waals surface area (Å²) in [6, 6.07) is 14.4. The Morgan fingerprint density at radius 1 is 1.00 bits per heavy atom. The lowest BCUT2D eigenvalue weighted by atomic mass is 9.52. The van der Waals surface area contributed by atoms with Gasteiger partial charge >= 0.3 is 0 Å². The third kappa shape index (κ3) is 2.34. The summed E-state index contributed by atoms with van der Waals surface area (Å²) in [4.78, 5) is 2.14. The van der Waals surface area contributed by atoms with Gasteiger partial charge in [0.25, 0.3) is 0 Å². The fourth-order valence-corrected chi connectivity index (χ4v) is 4.31.